The monoisotopic (exact) mass is 348 g/mol. The Balaban J connectivity index is 2.04. The Morgan fingerprint density at radius 3 is 2.76 bits per heavy atom. The maximum absolute atomic E-state index is 11.9. The number of hydrogen-bond acceptors (Lipinski definition) is 4. The number of hydrogen-bond donors (Lipinski definition) is 2. The molecule has 2 rings (SSSR count). The molecular weight excluding hydrogens is 336 g/mol. The molecule has 0 fully saturated rings. The summed E-state index contributed by atoms with van der Waals surface area (Å²) >= 11 is 3.30. The Labute approximate surface area is 130 Å². The average Bonchev–Trinajstić information content (AvgIpc) is 2.48. The summed E-state index contributed by atoms with van der Waals surface area (Å²) in [5, 5.41) is 13.5. The fourth-order valence-corrected chi connectivity index (χ4v) is 2.12. The number of rotatable bonds is 4. The third-order valence-electron chi connectivity index (χ3n) is 2.70. The Hall–Kier alpha value is -2.34. The molecule has 0 atom stereocenters. The summed E-state index contributed by atoms with van der Waals surface area (Å²) < 4.78 is 5.64. The lowest BCUT2D eigenvalue weighted by Crippen LogP contribution is -2.18. The molecule has 2 aromatic carbocycles. The van der Waals surface area contributed by atoms with Crippen LogP contribution in [0.25, 0.3) is 0 Å². The molecule has 0 radical (unpaired) electrons. The minimum atomic E-state index is -0.323. The van der Waals surface area contributed by atoms with E-state index in [0.29, 0.717) is 21.3 Å². The van der Waals surface area contributed by atoms with E-state index in [1.807, 2.05) is 6.07 Å². The van der Waals surface area contributed by atoms with E-state index in [-0.39, 0.29) is 11.7 Å². The van der Waals surface area contributed by atoms with Gasteiger partial charge in [-0.2, -0.15) is 5.10 Å². The highest BCUT2D eigenvalue weighted by atomic mass is 79.9. The Morgan fingerprint density at radius 1 is 1.33 bits per heavy atom. The van der Waals surface area contributed by atoms with Crippen molar-refractivity contribution in [3.63, 3.8) is 0 Å². The van der Waals surface area contributed by atoms with Crippen molar-refractivity contribution in [1.82, 2.24) is 5.43 Å². The van der Waals surface area contributed by atoms with E-state index in [4.69, 9.17) is 4.74 Å². The lowest BCUT2D eigenvalue weighted by molar-refractivity contribution is 0.0954. The first-order valence-corrected chi connectivity index (χ1v) is 6.86. The number of methoxy groups -OCH3 is 1. The number of halogens is 1. The first kappa shape index (κ1) is 15.1. The number of benzene rings is 2. The molecule has 0 heterocycles. The van der Waals surface area contributed by atoms with Crippen LogP contribution < -0.4 is 10.2 Å². The molecule has 5 nitrogen and oxygen atoms in total. The highest BCUT2D eigenvalue weighted by molar-refractivity contribution is 9.10. The van der Waals surface area contributed by atoms with E-state index in [9.17, 15) is 9.90 Å². The van der Waals surface area contributed by atoms with Crippen molar-refractivity contribution in [3.8, 4) is 11.5 Å². The van der Waals surface area contributed by atoms with E-state index in [1.54, 1.807) is 30.3 Å². The molecule has 6 heteroatoms. The van der Waals surface area contributed by atoms with Gasteiger partial charge in [0.15, 0.2) is 11.5 Å². The molecule has 0 unspecified atom stereocenters. The highest BCUT2D eigenvalue weighted by Crippen LogP contribution is 2.25. The normalized spacial score (nSPS) is 10.6. The number of nitrogens with one attached hydrogen (secondary N) is 1. The fraction of sp³-hybridized carbons (Fsp3) is 0.0667. The Kier molecular flexibility index (Phi) is 4.94. The number of ether oxygens (including phenoxy) is 1. The molecular formula is C15H13BrN2O3. The van der Waals surface area contributed by atoms with Crippen LogP contribution in [0.5, 0.6) is 11.5 Å². The van der Waals surface area contributed by atoms with Crippen molar-refractivity contribution < 1.29 is 14.6 Å². The number of hydrazone groups is 1. The lowest BCUT2D eigenvalue weighted by atomic mass is 10.2. The lowest BCUT2D eigenvalue weighted by Gasteiger charge is -2.04. The van der Waals surface area contributed by atoms with Crippen LogP contribution in [0.2, 0.25) is 0 Å². The molecule has 1 amide bonds. The molecule has 0 aliphatic rings. The summed E-state index contributed by atoms with van der Waals surface area (Å²) in [6, 6.07) is 11.9. The zero-order valence-corrected chi connectivity index (χ0v) is 12.8. The number of phenols is 1. The van der Waals surface area contributed by atoms with E-state index in [1.165, 1.54) is 19.4 Å². The van der Waals surface area contributed by atoms with Crippen molar-refractivity contribution in [2.45, 2.75) is 0 Å². The van der Waals surface area contributed by atoms with Gasteiger partial charge in [-0.3, -0.25) is 4.79 Å². The van der Waals surface area contributed by atoms with Gasteiger partial charge >= 0.3 is 0 Å². The minimum absolute atomic E-state index is 0.0126. The van der Waals surface area contributed by atoms with E-state index in [2.05, 4.69) is 26.5 Å². The van der Waals surface area contributed by atoms with Crippen molar-refractivity contribution in [3.05, 3.63) is 58.1 Å². The molecule has 2 N–H and O–H groups in total. The zero-order valence-electron chi connectivity index (χ0n) is 11.2. The van der Waals surface area contributed by atoms with Gasteiger partial charge in [0, 0.05) is 4.47 Å². The van der Waals surface area contributed by atoms with Gasteiger partial charge in [0.1, 0.15) is 0 Å². The molecule has 2 aromatic rings. The molecule has 0 bridgehead atoms. The van der Waals surface area contributed by atoms with Gasteiger partial charge in [0.2, 0.25) is 0 Å². The van der Waals surface area contributed by atoms with Crippen LogP contribution >= 0.6 is 15.9 Å². The van der Waals surface area contributed by atoms with Gasteiger partial charge in [-0.05, 0) is 51.8 Å². The number of amides is 1. The van der Waals surface area contributed by atoms with Crippen LogP contribution in [-0.2, 0) is 0 Å². The number of carbonyl (C=O) groups is 1. The van der Waals surface area contributed by atoms with Crippen LogP contribution in [0.4, 0.5) is 0 Å². The topological polar surface area (TPSA) is 70.9 Å². The summed E-state index contributed by atoms with van der Waals surface area (Å²) in [5.74, 6) is 0.0689. The number of carbonyl (C=O) groups excluding carboxylic acids is 1. The second kappa shape index (κ2) is 6.90. The van der Waals surface area contributed by atoms with Crippen molar-refractivity contribution in [2.24, 2.45) is 5.10 Å². The average molecular weight is 349 g/mol. The molecule has 0 saturated carbocycles. The van der Waals surface area contributed by atoms with Crippen molar-refractivity contribution in [2.75, 3.05) is 7.11 Å². The Morgan fingerprint density at radius 2 is 2.10 bits per heavy atom. The van der Waals surface area contributed by atoms with Gasteiger partial charge < -0.3 is 9.84 Å². The standard InChI is InChI=1S/C15H13BrN2O3/c1-21-14-7-6-10(8-13(14)19)9-17-18-15(20)11-4-2-3-5-12(11)16/h2-9,19H,1H3,(H,18,20)/b17-9+. The van der Waals surface area contributed by atoms with Crippen molar-refractivity contribution >= 4 is 28.1 Å². The molecule has 0 saturated heterocycles. The van der Waals surface area contributed by atoms with Crippen LogP contribution in [0.1, 0.15) is 15.9 Å². The van der Waals surface area contributed by atoms with Crippen LogP contribution in [0.15, 0.2) is 52.0 Å². The third kappa shape index (κ3) is 3.82. The van der Waals surface area contributed by atoms with Gasteiger partial charge in [0.25, 0.3) is 5.91 Å². The zero-order chi connectivity index (χ0) is 15.2. The van der Waals surface area contributed by atoms with Crippen LogP contribution in [0.3, 0.4) is 0 Å². The number of aromatic hydroxyl groups is 1. The summed E-state index contributed by atoms with van der Waals surface area (Å²) in [7, 11) is 1.47. The molecule has 0 spiro atoms. The minimum Gasteiger partial charge on any atom is -0.504 e. The maximum atomic E-state index is 11.9. The van der Waals surface area contributed by atoms with Gasteiger partial charge in [-0.25, -0.2) is 5.43 Å². The highest BCUT2D eigenvalue weighted by Gasteiger charge is 2.07. The van der Waals surface area contributed by atoms with Gasteiger partial charge in [-0.1, -0.05) is 12.1 Å². The number of nitrogens with zero attached hydrogens (tertiary/aromatic N) is 1. The SMILES string of the molecule is COc1ccc(/C=N/NC(=O)c2ccccc2Br)cc1O. The smallest absolute Gasteiger partial charge is 0.272 e. The van der Waals surface area contributed by atoms with E-state index >= 15 is 0 Å². The second-order valence-corrected chi connectivity index (χ2v) is 4.96. The first-order chi connectivity index (χ1) is 10.1. The van der Waals surface area contributed by atoms with Crippen molar-refractivity contribution in [1.29, 1.82) is 0 Å². The van der Waals surface area contributed by atoms with E-state index in [0.717, 1.165) is 0 Å². The third-order valence-corrected chi connectivity index (χ3v) is 3.39. The van der Waals surface area contributed by atoms with Crippen LogP contribution in [-0.4, -0.2) is 24.3 Å². The summed E-state index contributed by atoms with van der Waals surface area (Å²) in [6.45, 7) is 0. The summed E-state index contributed by atoms with van der Waals surface area (Å²) in [4.78, 5) is 11.9. The largest absolute Gasteiger partial charge is 0.504 e. The second-order valence-electron chi connectivity index (χ2n) is 4.11. The summed E-state index contributed by atoms with van der Waals surface area (Å²) in [6.07, 6.45) is 1.44. The van der Waals surface area contributed by atoms with Gasteiger partial charge in [-0.15, -0.1) is 0 Å². The maximum Gasteiger partial charge on any atom is 0.272 e. The quantitative estimate of drug-likeness (QED) is 0.659. The Bertz CT molecular complexity index is 686. The fourth-order valence-electron chi connectivity index (χ4n) is 1.66. The first-order valence-electron chi connectivity index (χ1n) is 6.06. The van der Waals surface area contributed by atoms with Crippen LogP contribution in [0, 0.1) is 0 Å². The summed E-state index contributed by atoms with van der Waals surface area (Å²) in [5.41, 5.74) is 3.56. The molecule has 108 valence electrons. The van der Waals surface area contributed by atoms with Gasteiger partial charge in [0.05, 0.1) is 18.9 Å². The van der Waals surface area contributed by atoms with E-state index < -0.39 is 0 Å². The molecule has 0 aliphatic heterocycles. The molecule has 0 aliphatic carbocycles. The number of phenolic OH excluding ortho intramolecular Hbond substituents is 1. The predicted octanol–water partition coefficient (Wildman–Crippen LogP) is 2.93. The molecule has 0 aromatic heterocycles. The predicted molar refractivity (Wildman–Crippen MR) is 83.9 cm³/mol. The molecule has 21 heavy (non-hydrogen) atoms.